The van der Waals surface area contributed by atoms with E-state index in [2.05, 4.69) is 16.9 Å². The molecule has 31 heavy (non-hydrogen) atoms. The van der Waals surface area contributed by atoms with Crippen LogP contribution in [-0.2, 0) is 27.9 Å². The highest BCUT2D eigenvalue weighted by Crippen LogP contribution is 2.16. The van der Waals surface area contributed by atoms with Gasteiger partial charge in [-0.25, -0.2) is 0 Å². The number of ether oxygens (including phenoxy) is 2. The Morgan fingerprint density at radius 3 is 2.52 bits per heavy atom. The molecule has 9 heteroatoms. The van der Waals surface area contributed by atoms with Gasteiger partial charge in [0.05, 0.1) is 12.3 Å². The molecule has 1 aliphatic rings. The minimum atomic E-state index is -1.12. The molecule has 178 valence electrons. The topological polar surface area (TPSA) is 100 Å². The van der Waals surface area contributed by atoms with Gasteiger partial charge in [0.1, 0.15) is 18.3 Å². The van der Waals surface area contributed by atoms with Crippen LogP contribution in [0.15, 0.2) is 0 Å². The number of aromatic nitrogens is 2. The van der Waals surface area contributed by atoms with Crippen LogP contribution in [0.25, 0.3) is 0 Å². The summed E-state index contributed by atoms with van der Waals surface area (Å²) in [6, 6.07) is 0. The highest BCUT2D eigenvalue weighted by atomic mass is 16.5. The van der Waals surface area contributed by atoms with Gasteiger partial charge in [-0.3, -0.25) is 14.4 Å². The molecule has 0 aromatic carbocycles. The average Bonchev–Trinajstić information content (AvgIpc) is 2.96. The fourth-order valence-corrected chi connectivity index (χ4v) is 4.03. The Balaban J connectivity index is 2.11. The summed E-state index contributed by atoms with van der Waals surface area (Å²) in [5, 5.41) is 25.2. The highest BCUT2D eigenvalue weighted by Gasteiger charge is 2.29. The lowest BCUT2D eigenvalue weighted by atomic mass is 10.1. The van der Waals surface area contributed by atoms with Crippen LogP contribution in [0.1, 0.15) is 43.1 Å². The van der Waals surface area contributed by atoms with Crippen molar-refractivity contribution in [3.63, 3.8) is 0 Å². The molecule has 1 aliphatic heterocycles. The molecule has 1 amide bonds. The van der Waals surface area contributed by atoms with Gasteiger partial charge in [0, 0.05) is 65.1 Å². The standard InChI is InChI=1S/C22H40N4O5/c1-16-19(17(2)24(4)23-16)13-25-9-6-7-12-31-15-20(28)22(29)21(30-5)14-26(18(3)27)11-8-10-25/h20-22,28-29H,6-15H2,1-5H3/t20-,21-,22-/m0/s1. The van der Waals surface area contributed by atoms with E-state index in [1.54, 1.807) is 4.90 Å². The molecule has 0 radical (unpaired) electrons. The van der Waals surface area contributed by atoms with Crippen LogP contribution >= 0.6 is 0 Å². The summed E-state index contributed by atoms with van der Waals surface area (Å²) in [4.78, 5) is 16.3. The van der Waals surface area contributed by atoms with Gasteiger partial charge < -0.3 is 24.6 Å². The van der Waals surface area contributed by atoms with Gasteiger partial charge in [0.2, 0.25) is 5.91 Å². The van der Waals surface area contributed by atoms with E-state index in [1.165, 1.54) is 25.3 Å². The van der Waals surface area contributed by atoms with Crippen molar-refractivity contribution >= 4 is 5.91 Å². The first-order valence-corrected chi connectivity index (χ1v) is 11.2. The Morgan fingerprint density at radius 1 is 1.19 bits per heavy atom. The summed E-state index contributed by atoms with van der Waals surface area (Å²) in [7, 11) is 3.45. The van der Waals surface area contributed by atoms with Gasteiger partial charge in [-0.1, -0.05) is 0 Å². The van der Waals surface area contributed by atoms with Crippen LogP contribution in [0.3, 0.4) is 0 Å². The highest BCUT2D eigenvalue weighted by molar-refractivity contribution is 5.73. The van der Waals surface area contributed by atoms with E-state index in [0.717, 1.165) is 44.6 Å². The van der Waals surface area contributed by atoms with Crippen molar-refractivity contribution < 1.29 is 24.5 Å². The van der Waals surface area contributed by atoms with Crippen LogP contribution in [0, 0.1) is 13.8 Å². The Morgan fingerprint density at radius 2 is 1.90 bits per heavy atom. The second kappa shape index (κ2) is 12.5. The fourth-order valence-electron chi connectivity index (χ4n) is 4.03. The Bertz CT molecular complexity index is 696. The van der Waals surface area contributed by atoms with Crippen LogP contribution in [-0.4, -0.2) is 101 Å². The molecule has 0 bridgehead atoms. The van der Waals surface area contributed by atoms with Gasteiger partial charge in [-0.15, -0.1) is 0 Å². The smallest absolute Gasteiger partial charge is 0.219 e. The number of nitrogens with zero attached hydrogens (tertiary/aromatic N) is 4. The van der Waals surface area contributed by atoms with Crippen LogP contribution in [0.4, 0.5) is 0 Å². The Kier molecular flexibility index (Phi) is 10.4. The molecule has 0 spiro atoms. The maximum absolute atomic E-state index is 12.2. The number of amides is 1. The first kappa shape index (κ1) is 25.7. The van der Waals surface area contributed by atoms with Crippen molar-refractivity contribution in [3.05, 3.63) is 17.0 Å². The number of hydrogen-bond acceptors (Lipinski definition) is 7. The third kappa shape index (κ3) is 7.54. The van der Waals surface area contributed by atoms with Gasteiger partial charge in [-0.2, -0.15) is 5.10 Å². The predicted molar refractivity (Wildman–Crippen MR) is 118 cm³/mol. The summed E-state index contributed by atoms with van der Waals surface area (Å²) < 4.78 is 12.9. The number of hydrogen-bond donors (Lipinski definition) is 2. The normalized spacial score (nSPS) is 25.8. The molecular weight excluding hydrogens is 400 g/mol. The number of aryl methyl sites for hydroxylation is 2. The molecule has 1 aromatic heterocycles. The molecule has 2 N–H and O–H groups in total. The fraction of sp³-hybridized carbons (Fsp3) is 0.818. The third-order valence-corrected chi connectivity index (χ3v) is 6.17. The molecule has 3 atom stereocenters. The lowest BCUT2D eigenvalue weighted by molar-refractivity contribution is -0.136. The van der Waals surface area contributed by atoms with Crippen LogP contribution < -0.4 is 0 Å². The largest absolute Gasteiger partial charge is 0.388 e. The maximum Gasteiger partial charge on any atom is 0.219 e. The Hall–Kier alpha value is -1.52. The number of rotatable bonds is 3. The molecule has 0 unspecified atom stereocenters. The molecule has 1 fully saturated rings. The third-order valence-electron chi connectivity index (χ3n) is 6.17. The number of carbonyl (C=O) groups is 1. The van der Waals surface area contributed by atoms with Crippen molar-refractivity contribution in [2.45, 2.75) is 64.9 Å². The minimum absolute atomic E-state index is 0.0406. The van der Waals surface area contributed by atoms with E-state index in [4.69, 9.17) is 9.47 Å². The molecular formula is C22H40N4O5. The van der Waals surface area contributed by atoms with Gasteiger partial charge in [-0.05, 0) is 39.7 Å². The Labute approximate surface area is 185 Å². The quantitative estimate of drug-likeness (QED) is 0.711. The van der Waals surface area contributed by atoms with Crippen molar-refractivity contribution in [2.75, 3.05) is 46.5 Å². The zero-order valence-corrected chi connectivity index (χ0v) is 19.7. The SMILES string of the molecule is CO[C@H]1CN(C(C)=O)CCCN(Cc2c(C)nn(C)c2C)CCCCOC[C@H](O)[C@@H]1O. The number of methoxy groups -OCH3 is 1. The van der Waals surface area contributed by atoms with Crippen LogP contribution in [0.5, 0.6) is 0 Å². The number of aliphatic hydroxyl groups is 2. The molecule has 2 rings (SSSR count). The van der Waals surface area contributed by atoms with E-state index in [1.807, 2.05) is 18.7 Å². The average molecular weight is 441 g/mol. The summed E-state index contributed by atoms with van der Waals surface area (Å²) in [5.41, 5.74) is 3.48. The summed E-state index contributed by atoms with van der Waals surface area (Å²) in [5.74, 6) is -0.0743. The van der Waals surface area contributed by atoms with E-state index in [9.17, 15) is 15.0 Å². The van der Waals surface area contributed by atoms with E-state index in [0.29, 0.717) is 13.2 Å². The maximum atomic E-state index is 12.2. The first-order valence-electron chi connectivity index (χ1n) is 11.2. The number of carbonyl (C=O) groups excluding carboxylic acids is 1. The van der Waals surface area contributed by atoms with Crippen molar-refractivity contribution in [3.8, 4) is 0 Å². The molecule has 0 aliphatic carbocycles. The minimum Gasteiger partial charge on any atom is -0.388 e. The van der Waals surface area contributed by atoms with E-state index >= 15 is 0 Å². The molecule has 1 aromatic rings. The van der Waals surface area contributed by atoms with Crippen molar-refractivity contribution in [1.82, 2.24) is 19.6 Å². The molecule has 2 heterocycles. The monoisotopic (exact) mass is 440 g/mol. The zero-order chi connectivity index (χ0) is 23.0. The second-order valence-electron chi connectivity index (χ2n) is 8.48. The van der Waals surface area contributed by atoms with Crippen molar-refractivity contribution in [1.29, 1.82) is 0 Å². The molecule has 9 nitrogen and oxygen atoms in total. The summed E-state index contributed by atoms with van der Waals surface area (Å²) in [6.45, 7) is 9.61. The lowest BCUT2D eigenvalue weighted by Crippen LogP contribution is -2.48. The van der Waals surface area contributed by atoms with Crippen LogP contribution in [0.2, 0.25) is 0 Å². The predicted octanol–water partition coefficient (Wildman–Crippen LogP) is 0.625. The van der Waals surface area contributed by atoms with E-state index < -0.39 is 18.3 Å². The lowest BCUT2D eigenvalue weighted by Gasteiger charge is -2.31. The first-order chi connectivity index (χ1) is 14.7. The van der Waals surface area contributed by atoms with Gasteiger partial charge in [0.25, 0.3) is 0 Å². The molecule has 1 saturated heterocycles. The van der Waals surface area contributed by atoms with Gasteiger partial charge in [0.15, 0.2) is 0 Å². The summed E-state index contributed by atoms with van der Waals surface area (Å²) in [6.07, 6.45) is -0.207. The van der Waals surface area contributed by atoms with Gasteiger partial charge >= 0.3 is 0 Å². The van der Waals surface area contributed by atoms with E-state index in [-0.39, 0.29) is 19.1 Å². The van der Waals surface area contributed by atoms with Crippen molar-refractivity contribution in [2.24, 2.45) is 7.05 Å². The number of aliphatic hydroxyl groups excluding tert-OH is 2. The molecule has 0 saturated carbocycles. The zero-order valence-electron chi connectivity index (χ0n) is 19.7. The second-order valence-corrected chi connectivity index (χ2v) is 8.48. The summed E-state index contributed by atoms with van der Waals surface area (Å²) >= 11 is 0.